The number of piperidine rings is 1. The van der Waals surface area contributed by atoms with Crippen molar-refractivity contribution in [2.24, 2.45) is 5.92 Å². The monoisotopic (exact) mass is 658 g/mol. The smallest absolute Gasteiger partial charge is 0.410 e. The van der Waals surface area contributed by atoms with Gasteiger partial charge in [-0.25, -0.2) is 4.79 Å². The Morgan fingerprint density at radius 3 is 2.56 bits per heavy atom. The average Bonchev–Trinajstić information content (AvgIpc) is 3.51. The first-order chi connectivity index (χ1) is 20.3. The average molecular weight is 660 g/mol. The van der Waals surface area contributed by atoms with Crippen molar-refractivity contribution in [2.45, 2.75) is 73.8 Å². The number of carbonyl (C=O) groups excluding carboxylic acids is 2. The van der Waals surface area contributed by atoms with Crippen LogP contribution < -0.4 is 4.74 Å². The molecule has 2 aliphatic rings. The zero-order valence-electron chi connectivity index (χ0n) is 25.0. The number of hydrogen-bond donors (Lipinski definition) is 2. The van der Waals surface area contributed by atoms with Gasteiger partial charge in [-0.05, 0) is 74.3 Å². The lowest BCUT2D eigenvalue weighted by atomic mass is 9.65. The molecule has 4 rings (SSSR count). The number of phenols is 1. The number of amides is 2. The van der Waals surface area contributed by atoms with Gasteiger partial charge in [0.2, 0.25) is 9.70 Å². The molecular formula is C31H41Cl3N2O7. The van der Waals surface area contributed by atoms with E-state index in [4.69, 9.17) is 48.7 Å². The Hall–Kier alpha value is -2.59. The maximum Gasteiger partial charge on any atom is 0.410 e. The third-order valence-corrected chi connectivity index (χ3v) is 8.63. The number of benzene rings is 1. The van der Waals surface area contributed by atoms with Gasteiger partial charge in [0.05, 0.1) is 31.3 Å². The third kappa shape index (κ3) is 9.20. The highest BCUT2D eigenvalue weighted by Crippen LogP contribution is 2.45. The standard InChI is InChI=1S/C22H29Cl3N2O5.C9H12O2/c1-3-18-21(30)9-6-17(26(2)19(28)5-4-15-8-11-31-13-15)12-16(21)7-10-27(18)20(29)32-14-22(23,24)25;1-3-7-4-5-9(11-2)8(10)6-7/h4-5,8,11,13,16-18,30H,3,6-7,9-10,12,14H2,1-2H3;4-6,10H,3H2,1-2H3/b5-4+;/t16?,17?,18-,21?;/m1./s1. The van der Waals surface area contributed by atoms with E-state index in [1.165, 1.54) is 6.08 Å². The van der Waals surface area contributed by atoms with Gasteiger partial charge in [0, 0.05) is 31.3 Å². The van der Waals surface area contributed by atoms with Gasteiger partial charge in [-0.2, -0.15) is 0 Å². The number of aliphatic hydroxyl groups is 1. The summed E-state index contributed by atoms with van der Waals surface area (Å²) in [4.78, 5) is 28.5. The van der Waals surface area contributed by atoms with Gasteiger partial charge in [-0.3, -0.25) is 4.79 Å². The van der Waals surface area contributed by atoms with Crippen molar-refractivity contribution < 1.29 is 33.7 Å². The van der Waals surface area contributed by atoms with Crippen molar-refractivity contribution in [1.29, 1.82) is 0 Å². The highest BCUT2D eigenvalue weighted by atomic mass is 35.6. The zero-order valence-corrected chi connectivity index (χ0v) is 27.2. The van der Waals surface area contributed by atoms with Crippen molar-refractivity contribution in [2.75, 3.05) is 27.3 Å². The van der Waals surface area contributed by atoms with E-state index < -0.39 is 21.5 Å². The van der Waals surface area contributed by atoms with E-state index in [1.807, 2.05) is 19.9 Å². The van der Waals surface area contributed by atoms with Gasteiger partial charge in [-0.1, -0.05) is 54.7 Å². The molecule has 238 valence electrons. The van der Waals surface area contributed by atoms with E-state index in [1.54, 1.807) is 60.8 Å². The number of aryl methyl sites for hydroxylation is 1. The second-order valence-electron chi connectivity index (χ2n) is 10.9. The van der Waals surface area contributed by atoms with E-state index in [9.17, 15) is 19.8 Å². The molecule has 4 atom stereocenters. The quantitative estimate of drug-likeness (QED) is 0.254. The number of halogens is 3. The Bertz CT molecular complexity index is 1230. The van der Waals surface area contributed by atoms with E-state index in [0.717, 1.165) is 17.5 Å². The van der Waals surface area contributed by atoms with Gasteiger partial charge in [0.25, 0.3) is 0 Å². The summed E-state index contributed by atoms with van der Waals surface area (Å²) in [5, 5.41) is 20.9. The molecule has 1 aliphatic heterocycles. The number of ether oxygens (including phenoxy) is 2. The van der Waals surface area contributed by atoms with E-state index >= 15 is 0 Å². The molecule has 1 aliphatic carbocycles. The van der Waals surface area contributed by atoms with E-state index in [2.05, 4.69) is 0 Å². The van der Waals surface area contributed by atoms with Crippen LogP contribution in [0, 0.1) is 5.92 Å². The first kappa shape index (κ1) is 34.9. The molecule has 0 radical (unpaired) electrons. The molecule has 1 aromatic carbocycles. The van der Waals surface area contributed by atoms with Crippen molar-refractivity contribution in [3.63, 3.8) is 0 Å². The Balaban J connectivity index is 0.000000386. The predicted molar refractivity (Wildman–Crippen MR) is 168 cm³/mol. The van der Waals surface area contributed by atoms with Crippen molar-refractivity contribution >= 4 is 52.9 Å². The molecule has 2 N–H and O–H groups in total. The van der Waals surface area contributed by atoms with Crippen LogP contribution in [0.1, 0.15) is 57.1 Å². The lowest BCUT2D eigenvalue weighted by Gasteiger charge is -2.55. The highest BCUT2D eigenvalue weighted by Gasteiger charge is 2.53. The molecule has 2 fully saturated rings. The lowest BCUT2D eigenvalue weighted by molar-refractivity contribution is -0.151. The van der Waals surface area contributed by atoms with Gasteiger partial charge in [0.15, 0.2) is 11.5 Å². The van der Waals surface area contributed by atoms with Crippen LogP contribution in [0.5, 0.6) is 11.5 Å². The SMILES string of the molecule is CC[C@H]1N(C(=O)OCC(Cl)(Cl)Cl)CCC2CC(N(C)C(=O)/C=C/c3ccoc3)CCC21O.CCc1ccc(OC)c(O)c1. The summed E-state index contributed by atoms with van der Waals surface area (Å²) < 4.78 is 13.4. The summed E-state index contributed by atoms with van der Waals surface area (Å²) in [7, 11) is 3.33. The second-order valence-corrected chi connectivity index (χ2v) is 13.4. The number of rotatable bonds is 7. The predicted octanol–water partition coefficient (Wildman–Crippen LogP) is 6.61. The van der Waals surface area contributed by atoms with E-state index in [0.29, 0.717) is 44.4 Å². The molecule has 2 amide bonds. The number of hydrogen-bond acceptors (Lipinski definition) is 7. The Kier molecular flexibility index (Phi) is 12.5. The van der Waals surface area contributed by atoms with Crippen LogP contribution in [-0.2, 0) is 16.0 Å². The molecule has 1 saturated carbocycles. The van der Waals surface area contributed by atoms with Gasteiger partial charge < -0.3 is 33.9 Å². The number of carbonyl (C=O) groups is 2. The zero-order chi connectivity index (χ0) is 31.8. The molecule has 1 aromatic heterocycles. The summed E-state index contributed by atoms with van der Waals surface area (Å²) in [6.45, 7) is 4.06. The number of likely N-dealkylation sites (N-methyl/N-ethyl adjacent to an activating group) is 1. The largest absolute Gasteiger partial charge is 0.504 e. The van der Waals surface area contributed by atoms with Crippen molar-refractivity contribution in [3.05, 3.63) is 54.0 Å². The number of aromatic hydroxyl groups is 1. The molecule has 2 heterocycles. The first-order valence-corrected chi connectivity index (χ1v) is 15.5. The molecule has 2 aromatic rings. The molecule has 0 bridgehead atoms. The van der Waals surface area contributed by atoms with Crippen LogP contribution in [-0.4, -0.2) is 80.8 Å². The Labute approximate surface area is 268 Å². The van der Waals surface area contributed by atoms with Crippen LogP contribution in [0.3, 0.4) is 0 Å². The van der Waals surface area contributed by atoms with Gasteiger partial charge in [-0.15, -0.1) is 0 Å². The molecular weight excluding hydrogens is 619 g/mol. The molecule has 43 heavy (non-hydrogen) atoms. The maximum atomic E-state index is 12.6. The molecule has 1 saturated heterocycles. The minimum absolute atomic E-state index is 0.0159. The minimum atomic E-state index is -1.69. The summed E-state index contributed by atoms with van der Waals surface area (Å²) in [6, 6.07) is 6.84. The molecule has 0 spiro atoms. The topological polar surface area (TPSA) is 113 Å². The second kappa shape index (κ2) is 15.4. The molecule has 3 unspecified atom stereocenters. The van der Waals surface area contributed by atoms with E-state index in [-0.39, 0.29) is 30.2 Å². The van der Waals surface area contributed by atoms with Crippen LogP contribution in [0.25, 0.3) is 6.08 Å². The van der Waals surface area contributed by atoms with Crippen LogP contribution in [0.15, 0.2) is 47.3 Å². The number of phenolic OH excluding ortho intramolecular Hbond substituents is 1. The Morgan fingerprint density at radius 1 is 1.23 bits per heavy atom. The van der Waals surface area contributed by atoms with Crippen molar-refractivity contribution in [1.82, 2.24) is 9.80 Å². The number of likely N-dealkylation sites (tertiary alicyclic amines) is 1. The highest BCUT2D eigenvalue weighted by molar-refractivity contribution is 6.67. The third-order valence-electron chi connectivity index (χ3n) is 8.30. The van der Waals surface area contributed by atoms with Crippen molar-refractivity contribution in [3.8, 4) is 11.5 Å². The summed E-state index contributed by atoms with van der Waals surface area (Å²) in [6.07, 6.45) is 9.70. The fourth-order valence-corrected chi connectivity index (χ4v) is 6.10. The van der Waals surface area contributed by atoms with Gasteiger partial charge in [0.1, 0.15) is 6.61 Å². The normalized spacial score (nSPS) is 23.6. The first-order valence-electron chi connectivity index (χ1n) is 14.4. The van der Waals surface area contributed by atoms with Gasteiger partial charge >= 0.3 is 6.09 Å². The fraction of sp³-hybridized carbons (Fsp3) is 0.548. The Morgan fingerprint density at radius 2 is 1.98 bits per heavy atom. The lowest BCUT2D eigenvalue weighted by Crippen LogP contribution is -2.65. The number of nitrogens with zero attached hydrogens (tertiary/aromatic N) is 2. The molecule has 9 nitrogen and oxygen atoms in total. The number of methoxy groups -OCH3 is 1. The van der Waals surface area contributed by atoms with Crippen LogP contribution in [0.2, 0.25) is 0 Å². The summed E-state index contributed by atoms with van der Waals surface area (Å²) in [5.74, 6) is 0.618. The minimum Gasteiger partial charge on any atom is -0.504 e. The summed E-state index contributed by atoms with van der Waals surface area (Å²) in [5.41, 5.74) is 0.895. The number of fused-ring (bicyclic) bond motifs is 1. The number of alkyl halides is 3. The number of furan rings is 1. The van der Waals surface area contributed by atoms with Crippen LogP contribution >= 0.6 is 34.8 Å². The molecule has 12 heteroatoms. The van der Waals surface area contributed by atoms with Crippen LogP contribution in [0.4, 0.5) is 4.79 Å². The summed E-state index contributed by atoms with van der Waals surface area (Å²) >= 11 is 17.1. The fourth-order valence-electron chi connectivity index (χ4n) is 5.94. The maximum absolute atomic E-state index is 12.6.